The molecule has 9 heteroatoms. The van der Waals surface area contributed by atoms with Crippen LogP contribution in [0.4, 0.5) is 5.82 Å². The van der Waals surface area contributed by atoms with Crippen LogP contribution in [0.2, 0.25) is 0 Å². The molecule has 0 bridgehead atoms. The van der Waals surface area contributed by atoms with Crippen molar-refractivity contribution < 1.29 is 8.42 Å². The van der Waals surface area contributed by atoms with Crippen LogP contribution in [0.3, 0.4) is 0 Å². The standard InChI is InChI=1S/C20H23BrN4O2S2/c1-2-19(23-29(26,27)16-7-5-6-15(21)14-16)24-10-12-25(13-11-24)20-17-8-3-4-9-18(17)28-22-20/h3-9,14,19,23H,2,10-13H2,1H3. The van der Waals surface area contributed by atoms with Crippen LogP contribution in [0.1, 0.15) is 13.3 Å². The summed E-state index contributed by atoms with van der Waals surface area (Å²) in [4.78, 5) is 4.78. The minimum Gasteiger partial charge on any atom is -0.353 e. The number of rotatable bonds is 6. The van der Waals surface area contributed by atoms with E-state index in [4.69, 9.17) is 0 Å². The minimum absolute atomic E-state index is 0.228. The van der Waals surface area contributed by atoms with E-state index in [1.165, 1.54) is 21.6 Å². The van der Waals surface area contributed by atoms with Gasteiger partial charge < -0.3 is 4.90 Å². The van der Waals surface area contributed by atoms with E-state index in [1.807, 2.05) is 25.1 Å². The van der Waals surface area contributed by atoms with Crippen LogP contribution >= 0.6 is 27.5 Å². The molecular formula is C20H23BrN4O2S2. The quantitative estimate of drug-likeness (QED) is 0.562. The number of piperazine rings is 1. The number of hydrogen-bond acceptors (Lipinski definition) is 6. The largest absolute Gasteiger partial charge is 0.353 e. The molecule has 4 rings (SSSR count). The average Bonchev–Trinajstić information content (AvgIpc) is 3.16. The SMILES string of the molecule is CCC(NS(=O)(=O)c1cccc(Br)c1)N1CCN(c2nsc3ccccc23)CC1. The van der Waals surface area contributed by atoms with Crippen LogP contribution in [-0.2, 0) is 10.0 Å². The third-order valence-electron chi connectivity index (χ3n) is 5.20. The normalized spacial score (nSPS) is 17.0. The van der Waals surface area contributed by atoms with Gasteiger partial charge >= 0.3 is 0 Å². The number of halogens is 1. The Morgan fingerprint density at radius 1 is 1.14 bits per heavy atom. The lowest BCUT2D eigenvalue weighted by Crippen LogP contribution is -2.55. The molecule has 2 aromatic carbocycles. The molecule has 0 amide bonds. The Balaban J connectivity index is 1.44. The van der Waals surface area contributed by atoms with Crippen molar-refractivity contribution >= 4 is 53.4 Å². The summed E-state index contributed by atoms with van der Waals surface area (Å²) >= 11 is 4.87. The van der Waals surface area contributed by atoms with Crippen molar-refractivity contribution in [3.05, 3.63) is 53.0 Å². The van der Waals surface area contributed by atoms with Crippen molar-refractivity contribution in [2.75, 3.05) is 31.1 Å². The van der Waals surface area contributed by atoms with Gasteiger partial charge in [-0.25, -0.2) is 8.42 Å². The topological polar surface area (TPSA) is 65.5 Å². The number of nitrogens with zero attached hydrogens (tertiary/aromatic N) is 3. The first-order valence-electron chi connectivity index (χ1n) is 9.59. The van der Waals surface area contributed by atoms with Crippen molar-refractivity contribution in [1.29, 1.82) is 0 Å². The summed E-state index contributed by atoms with van der Waals surface area (Å²) < 4.78 is 35.1. The zero-order valence-corrected chi connectivity index (χ0v) is 19.3. The van der Waals surface area contributed by atoms with Gasteiger partial charge in [0.15, 0.2) is 0 Å². The zero-order chi connectivity index (χ0) is 20.4. The first kappa shape index (κ1) is 20.7. The molecule has 1 fully saturated rings. The molecule has 1 aromatic heterocycles. The van der Waals surface area contributed by atoms with Crippen molar-refractivity contribution in [1.82, 2.24) is 14.0 Å². The van der Waals surface area contributed by atoms with E-state index in [0.717, 1.165) is 36.5 Å². The van der Waals surface area contributed by atoms with Gasteiger partial charge in [-0.1, -0.05) is 41.1 Å². The van der Waals surface area contributed by atoms with Gasteiger partial charge in [0.1, 0.15) is 5.82 Å². The summed E-state index contributed by atoms with van der Waals surface area (Å²) in [6, 6.07) is 15.1. The second-order valence-electron chi connectivity index (χ2n) is 7.03. The van der Waals surface area contributed by atoms with Crippen molar-refractivity contribution in [3.63, 3.8) is 0 Å². The van der Waals surface area contributed by atoms with E-state index in [9.17, 15) is 8.42 Å². The highest BCUT2D eigenvalue weighted by molar-refractivity contribution is 9.10. The molecule has 2 heterocycles. The Morgan fingerprint density at radius 3 is 2.62 bits per heavy atom. The second kappa shape index (κ2) is 8.69. The fraction of sp³-hybridized carbons (Fsp3) is 0.350. The van der Waals surface area contributed by atoms with Crippen LogP contribution in [0.5, 0.6) is 0 Å². The van der Waals surface area contributed by atoms with Crippen LogP contribution in [0, 0.1) is 0 Å². The van der Waals surface area contributed by atoms with E-state index < -0.39 is 10.0 Å². The monoisotopic (exact) mass is 494 g/mol. The fourth-order valence-corrected chi connectivity index (χ4v) is 6.34. The van der Waals surface area contributed by atoms with Gasteiger partial charge in [-0.3, -0.25) is 4.90 Å². The van der Waals surface area contributed by atoms with Crippen LogP contribution < -0.4 is 9.62 Å². The molecule has 1 aliphatic rings. The summed E-state index contributed by atoms with van der Waals surface area (Å²) in [5.74, 6) is 1.04. The molecule has 154 valence electrons. The second-order valence-corrected chi connectivity index (χ2v) is 10.5. The third kappa shape index (κ3) is 4.49. The maximum absolute atomic E-state index is 12.8. The Morgan fingerprint density at radius 2 is 1.90 bits per heavy atom. The summed E-state index contributed by atoms with van der Waals surface area (Å²) in [5.41, 5.74) is 0. The number of nitrogens with one attached hydrogen (secondary N) is 1. The summed E-state index contributed by atoms with van der Waals surface area (Å²) in [7, 11) is -3.57. The van der Waals surface area contributed by atoms with Crippen LogP contribution in [0.15, 0.2) is 57.9 Å². The molecule has 0 aliphatic carbocycles. The van der Waals surface area contributed by atoms with Gasteiger partial charge in [-0.15, -0.1) is 0 Å². The van der Waals surface area contributed by atoms with Crippen molar-refractivity contribution in [3.8, 4) is 0 Å². The van der Waals surface area contributed by atoms with Gasteiger partial charge in [0.2, 0.25) is 10.0 Å². The molecule has 1 unspecified atom stereocenters. The van der Waals surface area contributed by atoms with E-state index >= 15 is 0 Å². The molecule has 1 N–H and O–H groups in total. The Labute approximate surface area is 183 Å². The predicted octanol–water partition coefficient (Wildman–Crippen LogP) is 3.90. The van der Waals surface area contributed by atoms with Gasteiger partial charge in [0.05, 0.1) is 15.8 Å². The highest BCUT2D eigenvalue weighted by atomic mass is 79.9. The molecule has 6 nitrogen and oxygen atoms in total. The van der Waals surface area contributed by atoms with Crippen molar-refractivity contribution in [2.24, 2.45) is 0 Å². The molecule has 3 aromatic rings. The van der Waals surface area contributed by atoms with Gasteiger partial charge in [-0.2, -0.15) is 9.10 Å². The third-order valence-corrected chi connectivity index (χ3v) is 7.96. The zero-order valence-electron chi connectivity index (χ0n) is 16.1. The number of fused-ring (bicyclic) bond motifs is 1. The van der Waals surface area contributed by atoms with Gasteiger partial charge in [0, 0.05) is 36.0 Å². The number of sulfonamides is 1. The number of hydrogen-bond donors (Lipinski definition) is 1. The minimum atomic E-state index is -3.57. The van der Waals surface area contributed by atoms with Crippen LogP contribution in [-0.4, -0.2) is 50.0 Å². The van der Waals surface area contributed by atoms with E-state index in [2.05, 4.69) is 47.0 Å². The number of aromatic nitrogens is 1. The lowest BCUT2D eigenvalue weighted by atomic mass is 10.2. The maximum Gasteiger partial charge on any atom is 0.241 e. The van der Waals surface area contributed by atoms with E-state index in [0.29, 0.717) is 6.42 Å². The molecule has 29 heavy (non-hydrogen) atoms. The smallest absolute Gasteiger partial charge is 0.241 e. The molecule has 0 radical (unpaired) electrons. The molecule has 0 spiro atoms. The lowest BCUT2D eigenvalue weighted by Gasteiger charge is -2.39. The molecule has 1 atom stereocenters. The predicted molar refractivity (Wildman–Crippen MR) is 122 cm³/mol. The fourth-order valence-electron chi connectivity index (χ4n) is 3.64. The Hall–Kier alpha value is -1.52. The van der Waals surface area contributed by atoms with Gasteiger partial charge in [0.25, 0.3) is 0 Å². The number of benzene rings is 2. The van der Waals surface area contributed by atoms with Gasteiger partial charge in [-0.05, 0) is 48.3 Å². The Bertz CT molecular complexity index is 1090. The Kier molecular flexibility index (Phi) is 6.21. The maximum atomic E-state index is 12.8. The summed E-state index contributed by atoms with van der Waals surface area (Å²) in [6.07, 6.45) is 0.473. The first-order chi connectivity index (χ1) is 14.0. The summed E-state index contributed by atoms with van der Waals surface area (Å²) in [5, 5.41) is 1.19. The average molecular weight is 495 g/mol. The van der Waals surface area contributed by atoms with Crippen LogP contribution in [0.25, 0.3) is 10.1 Å². The number of anilines is 1. The first-order valence-corrected chi connectivity index (χ1v) is 12.6. The summed E-state index contributed by atoms with van der Waals surface area (Å²) in [6.45, 7) is 5.22. The lowest BCUT2D eigenvalue weighted by molar-refractivity contribution is 0.170. The highest BCUT2D eigenvalue weighted by Gasteiger charge is 2.28. The van der Waals surface area contributed by atoms with E-state index in [1.54, 1.807) is 18.2 Å². The highest BCUT2D eigenvalue weighted by Crippen LogP contribution is 2.30. The molecule has 1 aliphatic heterocycles. The molecule has 1 saturated heterocycles. The molecule has 0 saturated carbocycles. The van der Waals surface area contributed by atoms with E-state index in [-0.39, 0.29) is 11.1 Å². The van der Waals surface area contributed by atoms with Crippen molar-refractivity contribution in [2.45, 2.75) is 24.4 Å². The molecular weight excluding hydrogens is 472 g/mol.